The number of urea groups is 1. The molecule has 1 aromatic heterocycles. The number of fused-ring (bicyclic) bond motifs is 1. The van der Waals surface area contributed by atoms with Crippen LogP contribution in [0.5, 0.6) is 5.75 Å². The molecule has 0 fully saturated rings. The Hall–Kier alpha value is -3.21. The highest BCUT2D eigenvalue weighted by molar-refractivity contribution is 7.98. The summed E-state index contributed by atoms with van der Waals surface area (Å²) < 4.78 is 56.7. The maximum atomic E-state index is 14.0. The molecule has 0 aliphatic carbocycles. The van der Waals surface area contributed by atoms with Crippen LogP contribution in [-0.4, -0.2) is 39.4 Å². The van der Waals surface area contributed by atoms with E-state index in [-0.39, 0.29) is 24.3 Å². The zero-order chi connectivity index (χ0) is 25.3. The molecule has 2 heterocycles. The number of aromatic nitrogens is 2. The first-order valence-corrected chi connectivity index (χ1v) is 12.2. The number of phenolic OH excluding ortho intramolecular Hbond substituents is 1. The number of thioether (sulfide) groups is 1. The van der Waals surface area contributed by atoms with Crippen LogP contribution in [0.15, 0.2) is 53.6 Å². The van der Waals surface area contributed by atoms with Crippen molar-refractivity contribution in [3.05, 3.63) is 65.7 Å². The number of aromatic hydroxyl groups is 1. The Bertz CT molecular complexity index is 1210. The number of nitrogens with zero attached hydrogens (tertiary/aromatic N) is 3. The molecule has 35 heavy (non-hydrogen) atoms. The van der Waals surface area contributed by atoms with Crippen molar-refractivity contribution in [2.24, 2.45) is 0 Å². The number of alkyl halides is 3. The van der Waals surface area contributed by atoms with Crippen LogP contribution in [-0.2, 0) is 6.42 Å². The average Bonchev–Trinajstić information content (AvgIpc) is 3.25. The highest BCUT2D eigenvalue weighted by atomic mass is 32.2. The Morgan fingerprint density at radius 2 is 1.97 bits per heavy atom. The molecule has 4 rings (SSSR count). The molecule has 2 N–H and O–H groups in total. The van der Waals surface area contributed by atoms with Gasteiger partial charge in [0, 0.05) is 4.90 Å². The van der Waals surface area contributed by atoms with Crippen molar-refractivity contribution < 1.29 is 27.5 Å². The molecule has 2 atom stereocenters. The Morgan fingerprint density at radius 1 is 1.26 bits per heavy atom. The summed E-state index contributed by atoms with van der Waals surface area (Å²) in [7, 11) is 0. The number of halogens is 4. The number of anilines is 1. The van der Waals surface area contributed by atoms with Crippen LogP contribution in [0.2, 0.25) is 0 Å². The second kappa shape index (κ2) is 9.80. The minimum absolute atomic E-state index is 0.0386. The van der Waals surface area contributed by atoms with Gasteiger partial charge in [0.15, 0.2) is 0 Å². The number of phenols is 1. The minimum atomic E-state index is -4.65. The fraction of sp³-hybridized carbons (Fsp3) is 0.333. The summed E-state index contributed by atoms with van der Waals surface area (Å²) in [6, 6.07) is 6.81. The number of hydrogen-bond donors (Lipinski definition) is 2. The molecule has 0 bridgehead atoms. The molecule has 1 aliphatic rings. The van der Waals surface area contributed by atoms with E-state index in [4.69, 9.17) is 0 Å². The van der Waals surface area contributed by atoms with Gasteiger partial charge in [-0.15, -0.1) is 11.8 Å². The van der Waals surface area contributed by atoms with Gasteiger partial charge in [-0.1, -0.05) is 13.0 Å². The fourth-order valence-electron chi connectivity index (χ4n) is 4.30. The maximum absolute atomic E-state index is 14.0. The number of rotatable bonds is 5. The van der Waals surface area contributed by atoms with Crippen LogP contribution in [0.3, 0.4) is 0 Å². The molecule has 186 valence electrons. The SMILES string of the molecule is CCC(NC(=O)N1c2cnn(-c3ccc(F)cc3)c2CCC1C(F)(F)F)c1ccc(SC)c(O)c1. The lowest BCUT2D eigenvalue weighted by atomic mass is 10.00. The predicted molar refractivity (Wildman–Crippen MR) is 126 cm³/mol. The van der Waals surface area contributed by atoms with Crippen molar-refractivity contribution in [2.75, 3.05) is 11.2 Å². The van der Waals surface area contributed by atoms with Gasteiger partial charge in [-0.2, -0.15) is 18.3 Å². The van der Waals surface area contributed by atoms with Gasteiger partial charge < -0.3 is 10.4 Å². The fourth-order valence-corrected chi connectivity index (χ4v) is 4.77. The van der Waals surface area contributed by atoms with Gasteiger partial charge in [-0.05, 0) is 67.5 Å². The Labute approximate surface area is 203 Å². The van der Waals surface area contributed by atoms with Crippen LogP contribution in [0.4, 0.5) is 28.0 Å². The first kappa shape index (κ1) is 24.9. The van der Waals surface area contributed by atoms with Gasteiger partial charge in [0.1, 0.15) is 17.6 Å². The van der Waals surface area contributed by atoms with E-state index in [0.29, 0.717) is 33.2 Å². The zero-order valence-electron chi connectivity index (χ0n) is 19.0. The number of nitrogens with one attached hydrogen (secondary N) is 1. The summed E-state index contributed by atoms with van der Waals surface area (Å²) in [6.07, 6.45) is -1.50. The molecule has 0 saturated carbocycles. The first-order chi connectivity index (χ1) is 16.6. The van der Waals surface area contributed by atoms with Crippen molar-refractivity contribution in [2.45, 2.75) is 49.3 Å². The standard InChI is InChI=1S/C24H24F4N4O2S/c1-3-17(14-4-10-21(35-2)20(33)12-14)30-23(34)31-19-13-29-32(16-7-5-15(25)6-8-16)18(19)9-11-22(31)24(26,27)28/h4-8,10,12-13,17,22,33H,3,9,11H2,1-2H3,(H,30,34). The number of carbonyl (C=O) groups is 1. The third-order valence-corrected chi connectivity index (χ3v) is 6.84. The third-order valence-electron chi connectivity index (χ3n) is 6.05. The average molecular weight is 509 g/mol. The topological polar surface area (TPSA) is 70.4 Å². The molecular formula is C24H24F4N4O2S. The highest BCUT2D eigenvalue weighted by Crippen LogP contribution is 2.39. The number of carbonyl (C=O) groups excluding carboxylic acids is 1. The van der Waals surface area contributed by atoms with E-state index in [0.717, 1.165) is 0 Å². The molecule has 0 saturated heterocycles. The zero-order valence-corrected chi connectivity index (χ0v) is 19.8. The summed E-state index contributed by atoms with van der Waals surface area (Å²) in [5.74, 6) is -0.410. The molecule has 1 aliphatic heterocycles. The largest absolute Gasteiger partial charge is 0.507 e. The van der Waals surface area contributed by atoms with Gasteiger partial charge >= 0.3 is 12.2 Å². The molecule has 3 aromatic rings. The molecule has 2 unspecified atom stereocenters. The minimum Gasteiger partial charge on any atom is -0.507 e. The third kappa shape index (κ3) is 4.95. The van der Waals surface area contributed by atoms with Crippen LogP contribution in [0.25, 0.3) is 5.69 Å². The van der Waals surface area contributed by atoms with Gasteiger partial charge in [0.2, 0.25) is 0 Å². The molecular weight excluding hydrogens is 484 g/mol. The monoisotopic (exact) mass is 508 g/mol. The van der Waals surface area contributed by atoms with Gasteiger partial charge in [-0.25, -0.2) is 13.9 Å². The van der Waals surface area contributed by atoms with Crippen LogP contribution in [0.1, 0.15) is 37.1 Å². The Kier molecular flexibility index (Phi) is 6.98. The molecule has 2 aromatic carbocycles. The number of benzene rings is 2. The molecule has 0 spiro atoms. The van der Waals surface area contributed by atoms with Gasteiger partial charge in [-0.3, -0.25) is 4.90 Å². The van der Waals surface area contributed by atoms with Crippen molar-refractivity contribution in [1.29, 1.82) is 0 Å². The van der Waals surface area contributed by atoms with Crippen LogP contribution in [0, 0.1) is 5.82 Å². The van der Waals surface area contributed by atoms with Crippen LogP contribution < -0.4 is 10.2 Å². The normalized spacial score (nSPS) is 16.6. The van der Waals surface area contributed by atoms with Crippen molar-refractivity contribution in [3.63, 3.8) is 0 Å². The summed E-state index contributed by atoms with van der Waals surface area (Å²) in [5.41, 5.74) is 1.55. The van der Waals surface area contributed by atoms with E-state index in [9.17, 15) is 27.5 Å². The van der Waals surface area contributed by atoms with Crippen molar-refractivity contribution in [1.82, 2.24) is 15.1 Å². The molecule has 11 heteroatoms. The van der Waals surface area contributed by atoms with E-state index in [1.807, 2.05) is 6.26 Å². The van der Waals surface area contributed by atoms with E-state index in [1.54, 1.807) is 19.1 Å². The van der Waals surface area contributed by atoms with Crippen LogP contribution >= 0.6 is 11.8 Å². The smallest absolute Gasteiger partial charge is 0.409 e. The lowest BCUT2D eigenvalue weighted by Gasteiger charge is -2.37. The molecule has 0 radical (unpaired) electrons. The second-order valence-electron chi connectivity index (χ2n) is 8.17. The molecule has 2 amide bonds. The van der Waals surface area contributed by atoms with Gasteiger partial charge in [0.25, 0.3) is 0 Å². The Morgan fingerprint density at radius 3 is 2.57 bits per heavy atom. The summed E-state index contributed by atoms with van der Waals surface area (Å²) in [6.45, 7) is 1.79. The van der Waals surface area contributed by atoms with E-state index in [2.05, 4.69) is 10.4 Å². The van der Waals surface area contributed by atoms with E-state index in [1.165, 1.54) is 53.0 Å². The van der Waals surface area contributed by atoms with Gasteiger partial charge in [0.05, 0.1) is 29.3 Å². The molecule has 6 nitrogen and oxygen atoms in total. The summed E-state index contributed by atoms with van der Waals surface area (Å²) >= 11 is 1.36. The maximum Gasteiger partial charge on any atom is 0.409 e. The quantitative estimate of drug-likeness (QED) is 0.329. The number of hydrogen-bond acceptors (Lipinski definition) is 4. The second-order valence-corrected chi connectivity index (χ2v) is 9.02. The lowest BCUT2D eigenvalue weighted by Crippen LogP contribution is -2.55. The van der Waals surface area contributed by atoms with E-state index < -0.39 is 30.1 Å². The lowest BCUT2D eigenvalue weighted by molar-refractivity contribution is -0.149. The first-order valence-electron chi connectivity index (χ1n) is 11.0. The number of amides is 2. The highest BCUT2D eigenvalue weighted by Gasteiger charge is 2.49. The summed E-state index contributed by atoms with van der Waals surface area (Å²) in [4.78, 5) is 14.7. The van der Waals surface area contributed by atoms with Crippen molar-refractivity contribution in [3.8, 4) is 11.4 Å². The predicted octanol–water partition coefficient (Wildman–Crippen LogP) is 5.98. The van der Waals surface area contributed by atoms with E-state index >= 15 is 0 Å². The Balaban J connectivity index is 1.68. The summed E-state index contributed by atoms with van der Waals surface area (Å²) in [5, 5.41) is 17.1. The van der Waals surface area contributed by atoms with Crippen molar-refractivity contribution >= 4 is 23.5 Å².